The molecule has 32 heavy (non-hydrogen) atoms. The van der Waals surface area contributed by atoms with Crippen molar-refractivity contribution in [1.29, 1.82) is 0 Å². The van der Waals surface area contributed by atoms with E-state index in [1.807, 2.05) is 30.3 Å². The standard InChI is InChI=1S/C24H35NO7/c26-16-20-21(27)22(28)23(24(29)32-20)31-14-7-5-3-1-2-4-6-13-30-18-10-11-19-17(15-18)9-8-12-25-19/h8-12,15,20-24,26-29H,1-7,13-14,16H2/t20-,21-,22+,23-,24?/m1/s1. The minimum absolute atomic E-state index is 0.369. The van der Waals surface area contributed by atoms with Crippen molar-refractivity contribution in [3.63, 3.8) is 0 Å². The van der Waals surface area contributed by atoms with Gasteiger partial charge in [0.15, 0.2) is 6.29 Å². The highest BCUT2D eigenvalue weighted by molar-refractivity contribution is 5.79. The second-order valence-electron chi connectivity index (χ2n) is 8.25. The fourth-order valence-electron chi connectivity index (χ4n) is 3.89. The largest absolute Gasteiger partial charge is 0.494 e. The van der Waals surface area contributed by atoms with Gasteiger partial charge in [-0.2, -0.15) is 0 Å². The third-order valence-electron chi connectivity index (χ3n) is 5.78. The van der Waals surface area contributed by atoms with Crippen molar-refractivity contribution in [2.75, 3.05) is 19.8 Å². The highest BCUT2D eigenvalue weighted by Crippen LogP contribution is 2.23. The van der Waals surface area contributed by atoms with E-state index in [2.05, 4.69) is 4.98 Å². The third-order valence-corrected chi connectivity index (χ3v) is 5.78. The Morgan fingerprint density at radius 2 is 1.59 bits per heavy atom. The molecule has 1 aromatic carbocycles. The maximum atomic E-state index is 10.0. The first kappa shape index (κ1) is 24.8. The molecule has 3 rings (SSSR count). The zero-order valence-corrected chi connectivity index (χ0v) is 18.4. The van der Waals surface area contributed by atoms with Gasteiger partial charge in [0, 0.05) is 18.2 Å². The van der Waals surface area contributed by atoms with Gasteiger partial charge in [-0.15, -0.1) is 0 Å². The van der Waals surface area contributed by atoms with Crippen LogP contribution in [0.15, 0.2) is 36.5 Å². The van der Waals surface area contributed by atoms with E-state index in [0.29, 0.717) is 13.2 Å². The highest BCUT2D eigenvalue weighted by atomic mass is 16.7. The fourth-order valence-corrected chi connectivity index (χ4v) is 3.89. The molecule has 5 atom stereocenters. The smallest absolute Gasteiger partial charge is 0.184 e. The van der Waals surface area contributed by atoms with Crippen molar-refractivity contribution < 1.29 is 34.6 Å². The molecular weight excluding hydrogens is 414 g/mol. The third kappa shape index (κ3) is 7.10. The number of hydrogen-bond donors (Lipinski definition) is 4. The molecular formula is C24H35NO7. The van der Waals surface area contributed by atoms with E-state index in [0.717, 1.165) is 61.6 Å². The van der Waals surface area contributed by atoms with E-state index >= 15 is 0 Å². The van der Waals surface area contributed by atoms with Gasteiger partial charge in [-0.3, -0.25) is 4.98 Å². The predicted octanol–water partition coefficient (Wildman–Crippen LogP) is 2.16. The Kier molecular flexibility index (Phi) is 10.1. The van der Waals surface area contributed by atoms with Crippen molar-refractivity contribution in [3.8, 4) is 5.75 Å². The first-order valence-electron chi connectivity index (χ1n) is 11.5. The van der Waals surface area contributed by atoms with Crippen LogP contribution in [0.3, 0.4) is 0 Å². The molecule has 0 aliphatic carbocycles. The van der Waals surface area contributed by atoms with Crippen LogP contribution < -0.4 is 4.74 Å². The first-order valence-corrected chi connectivity index (χ1v) is 11.5. The Morgan fingerprint density at radius 1 is 0.875 bits per heavy atom. The number of aliphatic hydroxyl groups excluding tert-OH is 4. The molecule has 4 N–H and O–H groups in total. The molecule has 2 aromatic rings. The van der Waals surface area contributed by atoms with Gasteiger partial charge in [0.1, 0.15) is 30.2 Å². The van der Waals surface area contributed by atoms with Crippen LogP contribution in [0.25, 0.3) is 10.9 Å². The lowest BCUT2D eigenvalue weighted by Crippen LogP contribution is -2.59. The number of aliphatic hydroxyl groups is 4. The van der Waals surface area contributed by atoms with Crippen LogP contribution in [0, 0.1) is 0 Å². The average Bonchev–Trinajstić information content (AvgIpc) is 2.81. The summed E-state index contributed by atoms with van der Waals surface area (Å²) >= 11 is 0. The molecule has 0 amide bonds. The maximum Gasteiger partial charge on any atom is 0.184 e. The predicted molar refractivity (Wildman–Crippen MR) is 119 cm³/mol. The van der Waals surface area contributed by atoms with E-state index in [4.69, 9.17) is 19.3 Å². The van der Waals surface area contributed by atoms with E-state index < -0.39 is 37.3 Å². The van der Waals surface area contributed by atoms with Gasteiger partial charge in [0.25, 0.3) is 0 Å². The molecule has 1 aromatic heterocycles. The van der Waals surface area contributed by atoms with Crippen LogP contribution in [-0.4, -0.2) is 75.9 Å². The molecule has 0 radical (unpaired) electrons. The summed E-state index contributed by atoms with van der Waals surface area (Å²) in [6.45, 7) is 0.597. The molecule has 1 unspecified atom stereocenters. The van der Waals surface area contributed by atoms with E-state index in [9.17, 15) is 15.3 Å². The number of hydrogen-bond acceptors (Lipinski definition) is 8. The topological polar surface area (TPSA) is 122 Å². The normalized spacial score (nSPS) is 25.8. The fraction of sp³-hybridized carbons (Fsp3) is 0.625. The molecule has 2 heterocycles. The monoisotopic (exact) mass is 449 g/mol. The average molecular weight is 450 g/mol. The van der Waals surface area contributed by atoms with Crippen molar-refractivity contribution in [1.82, 2.24) is 4.98 Å². The Balaban J connectivity index is 1.18. The summed E-state index contributed by atoms with van der Waals surface area (Å²) in [7, 11) is 0. The van der Waals surface area contributed by atoms with E-state index in [1.165, 1.54) is 0 Å². The molecule has 1 aliphatic heterocycles. The minimum Gasteiger partial charge on any atom is -0.494 e. The van der Waals surface area contributed by atoms with Gasteiger partial charge in [0.2, 0.25) is 0 Å². The van der Waals surface area contributed by atoms with Crippen LogP contribution in [0.5, 0.6) is 5.75 Å². The van der Waals surface area contributed by atoms with Crippen LogP contribution >= 0.6 is 0 Å². The molecule has 1 aliphatic rings. The van der Waals surface area contributed by atoms with E-state index in [-0.39, 0.29) is 0 Å². The summed E-state index contributed by atoms with van der Waals surface area (Å²) in [6, 6.07) is 9.91. The number of ether oxygens (including phenoxy) is 3. The van der Waals surface area contributed by atoms with Crippen LogP contribution in [0.2, 0.25) is 0 Å². The number of aromatic nitrogens is 1. The van der Waals surface area contributed by atoms with Gasteiger partial charge < -0.3 is 34.6 Å². The SMILES string of the molecule is OC[C@H]1OC(O)[C@H](OCCCCCCCCCOc2ccc3ncccc3c2)[C@@H](O)[C@@H]1O. The molecule has 1 saturated heterocycles. The Hall–Kier alpha value is -1.81. The van der Waals surface area contributed by atoms with Gasteiger partial charge in [-0.25, -0.2) is 0 Å². The molecule has 8 nitrogen and oxygen atoms in total. The maximum absolute atomic E-state index is 10.0. The number of pyridine rings is 1. The summed E-state index contributed by atoms with van der Waals surface area (Å²) in [5.41, 5.74) is 0.970. The molecule has 1 fully saturated rings. The lowest BCUT2D eigenvalue weighted by molar-refractivity contribution is -0.296. The Labute approximate surface area is 188 Å². The quantitative estimate of drug-likeness (QED) is 0.343. The molecule has 0 bridgehead atoms. The number of benzene rings is 1. The second kappa shape index (κ2) is 13.0. The Morgan fingerprint density at radius 3 is 2.34 bits per heavy atom. The lowest BCUT2D eigenvalue weighted by atomic mass is 9.99. The lowest BCUT2D eigenvalue weighted by Gasteiger charge is -2.39. The zero-order chi connectivity index (χ0) is 22.8. The van der Waals surface area contributed by atoms with Gasteiger partial charge in [-0.1, -0.05) is 38.2 Å². The number of rotatable bonds is 13. The van der Waals surface area contributed by atoms with Gasteiger partial charge in [0.05, 0.1) is 18.7 Å². The summed E-state index contributed by atoms with van der Waals surface area (Å²) in [5.74, 6) is 0.878. The first-order chi connectivity index (χ1) is 15.6. The molecule has 0 spiro atoms. The van der Waals surface area contributed by atoms with Crippen molar-refractivity contribution in [2.24, 2.45) is 0 Å². The summed E-state index contributed by atoms with van der Waals surface area (Å²) in [5, 5.41) is 39.9. The summed E-state index contributed by atoms with van der Waals surface area (Å²) < 4.78 is 16.4. The summed E-state index contributed by atoms with van der Waals surface area (Å²) in [6.07, 6.45) is 3.14. The number of unbranched alkanes of at least 4 members (excludes halogenated alkanes) is 6. The Bertz CT molecular complexity index is 805. The van der Waals surface area contributed by atoms with Crippen molar-refractivity contribution >= 4 is 10.9 Å². The van der Waals surface area contributed by atoms with Crippen molar-refractivity contribution in [2.45, 2.75) is 75.7 Å². The van der Waals surface area contributed by atoms with Gasteiger partial charge in [-0.05, 0) is 37.1 Å². The molecule has 8 heteroatoms. The van der Waals surface area contributed by atoms with Crippen LogP contribution in [0.1, 0.15) is 44.9 Å². The van der Waals surface area contributed by atoms with Crippen LogP contribution in [-0.2, 0) is 9.47 Å². The highest BCUT2D eigenvalue weighted by Gasteiger charge is 2.44. The van der Waals surface area contributed by atoms with Crippen molar-refractivity contribution in [3.05, 3.63) is 36.5 Å². The molecule has 0 saturated carbocycles. The van der Waals surface area contributed by atoms with E-state index in [1.54, 1.807) is 6.20 Å². The second-order valence-corrected chi connectivity index (χ2v) is 8.25. The minimum atomic E-state index is -1.36. The van der Waals surface area contributed by atoms with Gasteiger partial charge >= 0.3 is 0 Å². The molecule has 178 valence electrons. The number of fused-ring (bicyclic) bond motifs is 1. The summed E-state index contributed by atoms with van der Waals surface area (Å²) in [4.78, 5) is 4.31. The van der Waals surface area contributed by atoms with Crippen LogP contribution in [0.4, 0.5) is 0 Å². The zero-order valence-electron chi connectivity index (χ0n) is 18.4. The number of nitrogens with zero attached hydrogens (tertiary/aromatic N) is 1.